The molecular formula is C19H20F2N4O2. The minimum atomic E-state index is -2.69. The number of ether oxygens (including phenoxy) is 1. The van der Waals surface area contributed by atoms with Crippen molar-refractivity contribution in [2.24, 2.45) is 0 Å². The highest BCUT2D eigenvalue weighted by atomic mass is 19.3. The van der Waals surface area contributed by atoms with E-state index in [1.165, 1.54) is 11.1 Å². The van der Waals surface area contributed by atoms with Gasteiger partial charge in [0.25, 0.3) is 11.8 Å². The van der Waals surface area contributed by atoms with E-state index < -0.39 is 5.92 Å². The van der Waals surface area contributed by atoms with Crippen molar-refractivity contribution in [3.05, 3.63) is 59.7 Å². The maximum atomic E-state index is 13.2. The molecule has 1 aliphatic heterocycles. The number of allylic oxidation sites excluding steroid dienone is 4. The number of hydrogen-bond donors (Lipinski definition) is 2. The highest BCUT2D eigenvalue weighted by molar-refractivity contribution is 6.09. The van der Waals surface area contributed by atoms with E-state index in [9.17, 15) is 13.6 Å². The lowest BCUT2D eigenvalue weighted by Crippen LogP contribution is -2.42. The predicted octanol–water partition coefficient (Wildman–Crippen LogP) is 3.37. The highest BCUT2D eigenvalue weighted by Gasteiger charge is 2.35. The van der Waals surface area contributed by atoms with E-state index >= 15 is 0 Å². The molecule has 2 aliphatic rings. The Hall–Kier alpha value is -3.03. The SMILES string of the molecule is COC1=C/C(=C/Nc2ccc(C(=O)N3CCC(F)(F)CC3)cn2)C(=N)C=C1. The molecule has 0 atom stereocenters. The van der Waals surface area contributed by atoms with Gasteiger partial charge in [0, 0.05) is 43.9 Å². The molecule has 2 heterocycles. The fraction of sp³-hybridized carbons (Fsp3) is 0.316. The molecule has 0 unspecified atom stereocenters. The van der Waals surface area contributed by atoms with Gasteiger partial charge in [-0.25, -0.2) is 13.8 Å². The molecule has 1 fully saturated rings. The Balaban J connectivity index is 1.63. The zero-order chi connectivity index (χ0) is 19.4. The number of pyridine rings is 1. The molecule has 1 aliphatic carbocycles. The Morgan fingerprint density at radius 3 is 2.70 bits per heavy atom. The molecule has 0 saturated carbocycles. The number of aromatic nitrogens is 1. The van der Waals surface area contributed by atoms with Crippen molar-refractivity contribution in [2.75, 3.05) is 25.5 Å². The van der Waals surface area contributed by atoms with Gasteiger partial charge in [0.1, 0.15) is 11.6 Å². The van der Waals surface area contributed by atoms with Gasteiger partial charge in [0.15, 0.2) is 0 Å². The third-order valence-electron chi connectivity index (χ3n) is 4.43. The molecule has 3 rings (SSSR count). The number of methoxy groups -OCH3 is 1. The Morgan fingerprint density at radius 1 is 1.33 bits per heavy atom. The second-order valence-corrected chi connectivity index (χ2v) is 6.32. The van der Waals surface area contributed by atoms with Crippen LogP contribution in [0.2, 0.25) is 0 Å². The first-order valence-electron chi connectivity index (χ1n) is 8.50. The summed E-state index contributed by atoms with van der Waals surface area (Å²) in [4.78, 5) is 18.0. The van der Waals surface area contributed by atoms with Crippen molar-refractivity contribution in [2.45, 2.75) is 18.8 Å². The summed E-state index contributed by atoms with van der Waals surface area (Å²) in [6, 6.07) is 3.23. The number of carbonyl (C=O) groups is 1. The Labute approximate surface area is 155 Å². The van der Waals surface area contributed by atoms with Crippen LogP contribution >= 0.6 is 0 Å². The van der Waals surface area contributed by atoms with Gasteiger partial charge in [-0.1, -0.05) is 0 Å². The number of nitrogens with zero attached hydrogens (tertiary/aromatic N) is 2. The van der Waals surface area contributed by atoms with E-state index in [0.29, 0.717) is 28.4 Å². The zero-order valence-electron chi connectivity index (χ0n) is 14.8. The molecule has 0 spiro atoms. The molecule has 1 amide bonds. The average molecular weight is 374 g/mol. The van der Waals surface area contributed by atoms with Gasteiger partial charge in [0.2, 0.25) is 0 Å². The number of hydrogen-bond acceptors (Lipinski definition) is 5. The van der Waals surface area contributed by atoms with E-state index in [1.54, 1.807) is 43.7 Å². The normalized spacial score (nSPS) is 20.4. The molecule has 1 aromatic heterocycles. The number of alkyl halides is 2. The number of likely N-dealkylation sites (tertiary alicyclic amines) is 1. The molecular weight excluding hydrogens is 354 g/mol. The standard InChI is InChI=1S/C19H20F2N4O2/c1-27-15-3-4-16(22)14(10-15)12-24-17-5-2-13(11-23-17)18(26)25-8-6-19(20,21)7-9-25/h2-5,10-12,22H,6-9H2,1H3,(H,23,24)/b14-12-,22-16?. The lowest BCUT2D eigenvalue weighted by Gasteiger charge is -2.31. The number of nitrogens with one attached hydrogen (secondary N) is 2. The smallest absolute Gasteiger partial charge is 0.255 e. The molecule has 1 aromatic rings. The van der Waals surface area contributed by atoms with Crippen LogP contribution in [0, 0.1) is 5.41 Å². The Bertz CT molecular complexity index is 819. The third-order valence-corrected chi connectivity index (χ3v) is 4.43. The van der Waals surface area contributed by atoms with Crippen molar-refractivity contribution in [3.8, 4) is 0 Å². The van der Waals surface area contributed by atoms with Crippen LogP contribution in [-0.2, 0) is 4.74 Å². The lowest BCUT2D eigenvalue weighted by molar-refractivity contribution is -0.0494. The van der Waals surface area contributed by atoms with Crippen LogP contribution < -0.4 is 5.32 Å². The topological polar surface area (TPSA) is 78.3 Å². The Morgan fingerprint density at radius 2 is 2.07 bits per heavy atom. The molecule has 6 nitrogen and oxygen atoms in total. The van der Waals surface area contributed by atoms with Crippen LogP contribution in [0.1, 0.15) is 23.2 Å². The minimum absolute atomic E-state index is 0.0434. The van der Waals surface area contributed by atoms with E-state index in [0.717, 1.165) is 0 Å². The molecule has 27 heavy (non-hydrogen) atoms. The monoisotopic (exact) mass is 374 g/mol. The van der Waals surface area contributed by atoms with E-state index in [-0.39, 0.29) is 31.8 Å². The van der Waals surface area contributed by atoms with Crippen LogP contribution in [0.3, 0.4) is 0 Å². The summed E-state index contributed by atoms with van der Waals surface area (Å²) in [7, 11) is 1.55. The molecule has 0 radical (unpaired) electrons. The summed E-state index contributed by atoms with van der Waals surface area (Å²) in [5.41, 5.74) is 1.32. The van der Waals surface area contributed by atoms with Crippen molar-refractivity contribution in [1.29, 1.82) is 5.41 Å². The predicted molar refractivity (Wildman–Crippen MR) is 98.0 cm³/mol. The molecule has 0 aromatic carbocycles. The second-order valence-electron chi connectivity index (χ2n) is 6.32. The third kappa shape index (κ3) is 4.58. The number of rotatable bonds is 4. The van der Waals surface area contributed by atoms with Crippen LogP contribution in [-0.4, -0.2) is 47.6 Å². The molecule has 1 saturated heterocycles. The number of halogens is 2. The highest BCUT2D eigenvalue weighted by Crippen LogP contribution is 2.28. The summed E-state index contributed by atoms with van der Waals surface area (Å²) < 4.78 is 31.6. The minimum Gasteiger partial charge on any atom is -0.497 e. The van der Waals surface area contributed by atoms with Crippen molar-refractivity contribution < 1.29 is 18.3 Å². The van der Waals surface area contributed by atoms with Gasteiger partial charge >= 0.3 is 0 Å². The van der Waals surface area contributed by atoms with E-state index in [1.807, 2.05) is 0 Å². The average Bonchev–Trinajstić information content (AvgIpc) is 2.67. The largest absolute Gasteiger partial charge is 0.497 e. The quantitative estimate of drug-likeness (QED) is 0.847. The summed E-state index contributed by atoms with van der Waals surface area (Å²) in [5, 5.41) is 10.9. The van der Waals surface area contributed by atoms with Gasteiger partial charge in [-0.05, 0) is 30.4 Å². The maximum Gasteiger partial charge on any atom is 0.255 e. The number of anilines is 1. The molecule has 2 N–H and O–H groups in total. The van der Waals surface area contributed by atoms with Gasteiger partial charge in [-0.3, -0.25) is 4.79 Å². The Kier molecular flexibility index (Phi) is 5.34. The number of carbonyl (C=O) groups excluding carboxylic acids is 1. The summed E-state index contributed by atoms with van der Waals surface area (Å²) >= 11 is 0. The van der Waals surface area contributed by atoms with Crippen LogP contribution in [0.15, 0.2) is 54.1 Å². The van der Waals surface area contributed by atoms with Crippen LogP contribution in [0.4, 0.5) is 14.6 Å². The van der Waals surface area contributed by atoms with E-state index in [2.05, 4.69) is 10.3 Å². The molecule has 142 valence electrons. The first-order valence-corrected chi connectivity index (χ1v) is 8.50. The first kappa shape index (κ1) is 18.8. The van der Waals surface area contributed by atoms with Crippen molar-refractivity contribution in [1.82, 2.24) is 9.88 Å². The second kappa shape index (κ2) is 7.69. The fourth-order valence-corrected chi connectivity index (χ4v) is 2.76. The van der Waals surface area contributed by atoms with Gasteiger partial charge < -0.3 is 20.4 Å². The van der Waals surface area contributed by atoms with Gasteiger partial charge in [-0.2, -0.15) is 0 Å². The fourth-order valence-electron chi connectivity index (χ4n) is 2.76. The number of piperidine rings is 1. The van der Waals surface area contributed by atoms with Gasteiger partial charge in [0.05, 0.1) is 18.4 Å². The van der Waals surface area contributed by atoms with Gasteiger partial charge in [-0.15, -0.1) is 0 Å². The first-order chi connectivity index (χ1) is 12.9. The summed E-state index contributed by atoms with van der Waals surface area (Å²) in [5.74, 6) is -1.84. The van der Waals surface area contributed by atoms with Crippen LogP contribution in [0.25, 0.3) is 0 Å². The maximum absolute atomic E-state index is 13.2. The number of amides is 1. The summed E-state index contributed by atoms with van der Waals surface area (Å²) in [6.07, 6.45) is 7.48. The van der Waals surface area contributed by atoms with Crippen molar-refractivity contribution in [3.63, 3.8) is 0 Å². The van der Waals surface area contributed by atoms with E-state index in [4.69, 9.17) is 10.1 Å². The zero-order valence-corrected chi connectivity index (χ0v) is 14.8. The molecule has 0 bridgehead atoms. The van der Waals surface area contributed by atoms with Crippen molar-refractivity contribution >= 4 is 17.4 Å². The van der Waals surface area contributed by atoms with Crippen LogP contribution in [0.5, 0.6) is 0 Å². The summed E-state index contributed by atoms with van der Waals surface area (Å²) in [6.45, 7) is 0.0868. The molecule has 8 heteroatoms. The lowest BCUT2D eigenvalue weighted by atomic mass is 10.1.